The Morgan fingerprint density at radius 2 is 2.00 bits per heavy atom. The summed E-state index contributed by atoms with van der Waals surface area (Å²) in [5.74, 6) is 0. The number of methoxy groups -OCH3 is 1. The average Bonchev–Trinajstić information content (AvgIpc) is 2.30. The summed E-state index contributed by atoms with van der Waals surface area (Å²) in [6.45, 7) is 0.359. The van der Waals surface area contributed by atoms with E-state index in [1.807, 2.05) is 0 Å². The molecule has 0 aliphatic rings. The minimum atomic E-state index is -3.45. The number of hydrogen-bond acceptors (Lipinski definition) is 3. The summed E-state index contributed by atoms with van der Waals surface area (Å²) >= 11 is 3.29. The van der Waals surface area contributed by atoms with Gasteiger partial charge in [0.05, 0.1) is 11.5 Å². The molecule has 0 saturated carbocycles. The SMILES string of the molecule is COCC(CCBr)NS(=O)(=O)c1ccccc1. The monoisotopic (exact) mass is 321 g/mol. The lowest BCUT2D eigenvalue weighted by atomic mass is 10.3. The maximum atomic E-state index is 12.0. The molecule has 0 aliphatic heterocycles. The van der Waals surface area contributed by atoms with Crippen LogP contribution in [0.3, 0.4) is 0 Å². The van der Waals surface area contributed by atoms with Crippen LogP contribution in [0, 0.1) is 0 Å². The lowest BCUT2D eigenvalue weighted by Gasteiger charge is -2.16. The fraction of sp³-hybridized carbons (Fsp3) is 0.455. The molecule has 0 bridgehead atoms. The Morgan fingerprint density at radius 3 is 2.53 bits per heavy atom. The molecule has 0 heterocycles. The van der Waals surface area contributed by atoms with E-state index in [-0.39, 0.29) is 10.9 Å². The Hall–Kier alpha value is -0.430. The van der Waals surface area contributed by atoms with Gasteiger partial charge in [0, 0.05) is 18.5 Å². The molecule has 17 heavy (non-hydrogen) atoms. The summed E-state index contributed by atoms with van der Waals surface area (Å²) < 4.78 is 31.6. The van der Waals surface area contributed by atoms with Gasteiger partial charge in [0.1, 0.15) is 0 Å². The standard InChI is InChI=1S/C11H16BrNO3S/c1-16-9-10(7-8-12)13-17(14,15)11-5-3-2-4-6-11/h2-6,10,13H,7-9H2,1H3. The van der Waals surface area contributed by atoms with Gasteiger partial charge in [0.2, 0.25) is 10.0 Å². The number of halogens is 1. The Kier molecular flexibility index (Phi) is 6.11. The van der Waals surface area contributed by atoms with Gasteiger partial charge in [-0.3, -0.25) is 0 Å². The van der Waals surface area contributed by atoms with Gasteiger partial charge in [-0.1, -0.05) is 34.1 Å². The summed E-state index contributed by atoms with van der Waals surface area (Å²) in [6.07, 6.45) is 0.680. The van der Waals surface area contributed by atoms with Crippen molar-refractivity contribution in [1.29, 1.82) is 0 Å². The topological polar surface area (TPSA) is 55.4 Å². The van der Waals surface area contributed by atoms with Crippen LogP contribution in [0.5, 0.6) is 0 Å². The predicted molar refractivity (Wildman–Crippen MR) is 70.8 cm³/mol. The van der Waals surface area contributed by atoms with Gasteiger partial charge in [0.15, 0.2) is 0 Å². The molecule has 1 aromatic rings. The van der Waals surface area contributed by atoms with Crippen LogP contribution in [0.4, 0.5) is 0 Å². The van der Waals surface area contributed by atoms with E-state index in [9.17, 15) is 8.42 Å². The molecule has 1 atom stereocenters. The predicted octanol–water partition coefficient (Wildman–Crippen LogP) is 1.76. The van der Waals surface area contributed by atoms with Crippen molar-refractivity contribution in [3.05, 3.63) is 30.3 Å². The van der Waals surface area contributed by atoms with Crippen molar-refractivity contribution >= 4 is 26.0 Å². The molecule has 6 heteroatoms. The first-order valence-electron chi connectivity index (χ1n) is 5.22. The average molecular weight is 322 g/mol. The maximum absolute atomic E-state index is 12.0. The molecule has 1 aromatic carbocycles. The zero-order valence-corrected chi connectivity index (χ0v) is 12.0. The van der Waals surface area contributed by atoms with Crippen LogP contribution in [0.25, 0.3) is 0 Å². The molecule has 1 N–H and O–H groups in total. The van der Waals surface area contributed by atoms with Crippen molar-refractivity contribution in [3.8, 4) is 0 Å². The van der Waals surface area contributed by atoms with E-state index in [1.165, 1.54) is 0 Å². The molecular weight excluding hydrogens is 306 g/mol. The molecule has 0 radical (unpaired) electrons. The van der Waals surface area contributed by atoms with Gasteiger partial charge in [-0.05, 0) is 18.6 Å². The van der Waals surface area contributed by atoms with Crippen LogP contribution in [0.1, 0.15) is 6.42 Å². The molecule has 1 rings (SSSR count). The van der Waals surface area contributed by atoms with Crippen LogP contribution in [0.2, 0.25) is 0 Å². The summed E-state index contributed by atoms with van der Waals surface area (Å²) in [6, 6.07) is 8.10. The van der Waals surface area contributed by atoms with Crippen LogP contribution >= 0.6 is 15.9 Å². The van der Waals surface area contributed by atoms with Gasteiger partial charge in [-0.15, -0.1) is 0 Å². The molecule has 4 nitrogen and oxygen atoms in total. The zero-order chi connectivity index (χ0) is 12.7. The van der Waals surface area contributed by atoms with Crippen molar-refractivity contribution in [3.63, 3.8) is 0 Å². The van der Waals surface area contributed by atoms with E-state index < -0.39 is 10.0 Å². The number of rotatable bonds is 7. The van der Waals surface area contributed by atoms with Crippen molar-refractivity contribution < 1.29 is 13.2 Å². The highest BCUT2D eigenvalue weighted by atomic mass is 79.9. The van der Waals surface area contributed by atoms with Crippen LogP contribution in [-0.4, -0.2) is 33.5 Å². The Balaban J connectivity index is 2.77. The van der Waals surface area contributed by atoms with Gasteiger partial charge in [0.25, 0.3) is 0 Å². The zero-order valence-electron chi connectivity index (χ0n) is 9.60. The fourth-order valence-electron chi connectivity index (χ4n) is 1.40. The Labute approximate surface area is 111 Å². The molecule has 0 aliphatic carbocycles. The lowest BCUT2D eigenvalue weighted by Crippen LogP contribution is -2.38. The Bertz CT molecular complexity index is 416. The van der Waals surface area contributed by atoms with E-state index in [1.54, 1.807) is 37.4 Å². The first kappa shape index (κ1) is 14.6. The normalized spacial score (nSPS) is 13.5. The quantitative estimate of drug-likeness (QED) is 0.779. The summed E-state index contributed by atoms with van der Waals surface area (Å²) in [7, 11) is -1.90. The van der Waals surface area contributed by atoms with Gasteiger partial charge < -0.3 is 4.74 Å². The molecule has 0 spiro atoms. The maximum Gasteiger partial charge on any atom is 0.240 e. The molecule has 0 fully saturated rings. The number of sulfonamides is 1. The molecule has 96 valence electrons. The largest absolute Gasteiger partial charge is 0.383 e. The summed E-state index contributed by atoms with van der Waals surface area (Å²) in [4.78, 5) is 0.274. The molecule has 0 saturated heterocycles. The van der Waals surface area contributed by atoms with Crippen molar-refractivity contribution in [2.24, 2.45) is 0 Å². The number of benzene rings is 1. The summed E-state index contributed by atoms with van der Waals surface area (Å²) in [5, 5.41) is 0.721. The number of ether oxygens (including phenoxy) is 1. The van der Waals surface area contributed by atoms with Gasteiger partial charge >= 0.3 is 0 Å². The van der Waals surface area contributed by atoms with Crippen molar-refractivity contribution in [2.45, 2.75) is 17.4 Å². The van der Waals surface area contributed by atoms with Gasteiger partial charge in [-0.25, -0.2) is 13.1 Å². The lowest BCUT2D eigenvalue weighted by molar-refractivity contribution is 0.173. The van der Waals surface area contributed by atoms with Crippen molar-refractivity contribution in [2.75, 3.05) is 19.0 Å². The molecule has 1 unspecified atom stereocenters. The first-order chi connectivity index (χ1) is 8.10. The van der Waals surface area contributed by atoms with E-state index in [0.29, 0.717) is 13.0 Å². The van der Waals surface area contributed by atoms with Crippen LogP contribution < -0.4 is 4.72 Å². The third-order valence-corrected chi connectivity index (χ3v) is 4.19. The minimum Gasteiger partial charge on any atom is -0.383 e. The smallest absolute Gasteiger partial charge is 0.240 e. The van der Waals surface area contributed by atoms with E-state index in [0.717, 1.165) is 5.33 Å². The second-order valence-corrected chi connectivity index (χ2v) is 6.07. The highest BCUT2D eigenvalue weighted by Gasteiger charge is 2.19. The second kappa shape index (κ2) is 7.10. The van der Waals surface area contributed by atoms with Crippen molar-refractivity contribution in [1.82, 2.24) is 4.72 Å². The van der Waals surface area contributed by atoms with Gasteiger partial charge in [-0.2, -0.15) is 0 Å². The number of alkyl halides is 1. The Morgan fingerprint density at radius 1 is 1.35 bits per heavy atom. The third-order valence-electron chi connectivity index (χ3n) is 2.20. The van der Waals surface area contributed by atoms with E-state index >= 15 is 0 Å². The minimum absolute atomic E-state index is 0.218. The number of nitrogens with one attached hydrogen (secondary N) is 1. The highest BCUT2D eigenvalue weighted by Crippen LogP contribution is 2.09. The first-order valence-corrected chi connectivity index (χ1v) is 7.83. The third kappa shape index (κ3) is 4.75. The summed E-state index contributed by atoms with van der Waals surface area (Å²) in [5.41, 5.74) is 0. The molecule has 0 amide bonds. The second-order valence-electron chi connectivity index (χ2n) is 3.56. The highest BCUT2D eigenvalue weighted by molar-refractivity contribution is 9.09. The number of hydrogen-bond donors (Lipinski definition) is 1. The van der Waals surface area contributed by atoms with Crippen LogP contribution in [-0.2, 0) is 14.8 Å². The molecule has 0 aromatic heterocycles. The fourth-order valence-corrected chi connectivity index (χ4v) is 3.23. The van der Waals surface area contributed by atoms with E-state index in [4.69, 9.17) is 4.74 Å². The molecular formula is C11H16BrNO3S. The van der Waals surface area contributed by atoms with Crippen LogP contribution in [0.15, 0.2) is 35.2 Å². The van der Waals surface area contributed by atoms with E-state index in [2.05, 4.69) is 20.7 Å².